The van der Waals surface area contributed by atoms with E-state index in [1.807, 2.05) is 38.1 Å². The summed E-state index contributed by atoms with van der Waals surface area (Å²) in [5, 5.41) is 0.634. The largest absolute Gasteiger partial charge is 0.305 e. The molecule has 1 amide bonds. The minimum atomic E-state index is -0.491. The number of nitrogens with zero attached hydrogens (tertiary/aromatic N) is 2. The maximum absolute atomic E-state index is 12.6. The van der Waals surface area contributed by atoms with Crippen LogP contribution >= 0.6 is 11.6 Å². The lowest BCUT2D eigenvalue weighted by Gasteiger charge is -2.20. The molecular formula is C16H15ClN2O. The molecule has 3 nitrogen and oxygen atoms in total. The van der Waals surface area contributed by atoms with Crippen LogP contribution in [0.25, 0.3) is 0 Å². The van der Waals surface area contributed by atoms with Crippen LogP contribution in [0.1, 0.15) is 25.1 Å². The van der Waals surface area contributed by atoms with Crippen LogP contribution in [0.2, 0.25) is 5.02 Å². The average molecular weight is 287 g/mol. The number of aromatic nitrogens is 1. The molecule has 0 saturated carbocycles. The number of carbonyl (C=O) groups is 1. The minimum Gasteiger partial charge on any atom is -0.305 e. The lowest BCUT2D eigenvalue weighted by Crippen LogP contribution is -2.35. The zero-order valence-electron chi connectivity index (χ0n) is 11.4. The van der Waals surface area contributed by atoms with Crippen LogP contribution in [-0.4, -0.2) is 10.9 Å². The number of rotatable bonds is 2. The molecule has 1 aromatic heterocycles. The first kappa shape index (κ1) is 13.1. The summed E-state index contributed by atoms with van der Waals surface area (Å²) in [7, 11) is 0. The van der Waals surface area contributed by atoms with Gasteiger partial charge >= 0.3 is 0 Å². The molecule has 0 N–H and O–H groups in total. The van der Waals surface area contributed by atoms with Crippen molar-refractivity contribution in [3.63, 3.8) is 0 Å². The molecule has 4 heteroatoms. The Morgan fingerprint density at radius 3 is 2.75 bits per heavy atom. The molecule has 2 aromatic rings. The highest BCUT2D eigenvalue weighted by Gasteiger charge is 2.43. The Bertz CT molecular complexity index is 682. The van der Waals surface area contributed by atoms with Gasteiger partial charge in [-0.2, -0.15) is 0 Å². The summed E-state index contributed by atoms with van der Waals surface area (Å²) >= 11 is 5.98. The standard InChI is InChI=1S/C16H15ClN2O/c1-16(2)13-5-3-4-6-14(13)19(15(16)20)10-12-9-11(17)7-8-18-12/h3-9H,10H2,1-2H3. The number of fused-ring (bicyclic) bond motifs is 1. The Morgan fingerprint density at radius 1 is 1.25 bits per heavy atom. The number of halogens is 1. The Balaban J connectivity index is 2.01. The number of benzene rings is 1. The van der Waals surface area contributed by atoms with Crippen LogP contribution in [0.15, 0.2) is 42.6 Å². The summed E-state index contributed by atoms with van der Waals surface area (Å²) in [6, 6.07) is 11.4. The zero-order valence-corrected chi connectivity index (χ0v) is 12.2. The number of para-hydroxylation sites is 1. The van der Waals surface area contributed by atoms with Crippen LogP contribution in [0, 0.1) is 0 Å². The molecule has 2 heterocycles. The first-order valence-corrected chi connectivity index (χ1v) is 6.90. The molecule has 3 rings (SSSR count). The Kier molecular flexibility index (Phi) is 3.02. The molecule has 0 spiro atoms. The Morgan fingerprint density at radius 2 is 2.00 bits per heavy atom. The summed E-state index contributed by atoms with van der Waals surface area (Å²) in [4.78, 5) is 18.7. The number of carbonyl (C=O) groups excluding carboxylic acids is 1. The van der Waals surface area contributed by atoms with Gasteiger partial charge in [-0.3, -0.25) is 9.78 Å². The SMILES string of the molecule is CC1(C)C(=O)N(Cc2cc(Cl)ccn2)c2ccccc21. The van der Waals surface area contributed by atoms with Crippen molar-refractivity contribution in [3.05, 3.63) is 58.9 Å². The van der Waals surface area contributed by atoms with Gasteiger partial charge in [-0.25, -0.2) is 0 Å². The normalized spacial score (nSPS) is 16.4. The van der Waals surface area contributed by atoms with Crippen LogP contribution in [0.3, 0.4) is 0 Å². The highest BCUT2D eigenvalue weighted by molar-refractivity contribution is 6.30. The fourth-order valence-electron chi connectivity index (χ4n) is 2.65. The maximum Gasteiger partial charge on any atom is 0.237 e. The highest BCUT2D eigenvalue weighted by Crippen LogP contribution is 2.41. The van der Waals surface area contributed by atoms with E-state index in [0.717, 1.165) is 16.9 Å². The van der Waals surface area contributed by atoms with E-state index in [0.29, 0.717) is 11.6 Å². The first-order valence-electron chi connectivity index (χ1n) is 6.52. The molecule has 0 bridgehead atoms. The van der Waals surface area contributed by atoms with Crippen molar-refractivity contribution >= 4 is 23.2 Å². The van der Waals surface area contributed by atoms with Gasteiger partial charge in [-0.1, -0.05) is 29.8 Å². The van der Waals surface area contributed by atoms with E-state index in [9.17, 15) is 4.79 Å². The number of hydrogen-bond acceptors (Lipinski definition) is 2. The smallest absolute Gasteiger partial charge is 0.237 e. The van der Waals surface area contributed by atoms with Gasteiger partial charge in [0, 0.05) is 16.9 Å². The van der Waals surface area contributed by atoms with Crippen molar-refractivity contribution in [1.29, 1.82) is 0 Å². The Labute approximate surface area is 123 Å². The van der Waals surface area contributed by atoms with Gasteiger partial charge < -0.3 is 4.90 Å². The quantitative estimate of drug-likeness (QED) is 0.846. The number of pyridine rings is 1. The second kappa shape index (κ2) is 4.60. The van der Waals surface area contributed by atoms with Crippen LogP contribution in [-0.2, 0) is 16.8 Å². The van der Waals surface area contributed by atoms with Gasteiger partial charge in [-0.15, -0.1) is 0 Å². The van der Waals surface area contributed by atoms with Crippen molar-refractivity contribution in [2.45, 2.75) is 25.8 Å². The topological polar surface area (TPSA) is 33.2 Å². The van der Waals surface area contributed by atoms with Crippen molar-refractivity contribution in [1.82, 2.24) is 4.98 Å². The van der Waals surface area contributed by atoms with E-state index in [2.05, 4.69) is 4.98 Å². The van der Waals surface area contributed by atoms with Crippen molar-refractivity contribution in [3.8, 4) is 0 Å². The molecule has 1 aliphatic rings. The lowest BCUT2D eigenvalue weighted by molar-refractivity contribution is -0.122. The van der Waals surface area contributed by atoms with Gasteiger partial charge in [0.2, 0.25) is 5.91 Å². The number of amides is 1. The number of hydrogen-bond donors (Lipinski definition) is 0. The second-order valence-electron chi connectivity index (χ2n) is 5.50. The molecule has 0 radical (unpaired) electrons. The third-order valence-electron chi connectivity index (χ3n) is 3.75. The zero-order chi connectivity index (χ0) is 14.3. The van der Waals surface area contributed by atoms with E-state index in [1.54, 1.807) is 23.2 Å². The van der Waals surface area contributed by atoms with Gasteiger partial charge in [-0.05, 0) is 37.6 Å². The van der Waals surface area contributed by atoms with Gasteiger partial charge in [0.05, 0.1) is 17.7 Å². The summed E-state index contributed by atoms with van der Waals surface area (Å²) in [5.41, 5.74) is 2.32. The summed E-state index contributed by atoms with van der Waals surface area (Å²) < 4.78 is 0. The first-order chi connectivity index (χ1) is 9.50. The molecule has 0 fully saturated rings. The molecule has 1 aromatic carbocycles. The molecule has 0 saturated heterocycles. The molecule has 102 valence electrons. The predicted octanol–water partition coefficient (Wildman–Crippen LogP) is 3.56. The van der Waals surface area contributed by atoms with Crippen LogP contribution in [0.5, 0.6) is 0 Å². The van der Waals surface area contributed by atoms with Gasteiger partial charge in [0.25, 0.3) is 0 Å². The number of anilines is 1. The van der Waals surface area contributed by atoms with E-state index >= 15 is 0 Å². The Hall–Kier alpha value is -1.87. The molecule has 0 atom stereocenters. The fourth-order valence-corrected chi connectivity index (χ4v) is 2.84. The molecular weight excluding hydrogens is 272 g/mol. The monoisotopic (exact) mass is 286 g/mol. The van der Waals surface area contributed by atoms with E-state index in [1.165, 1.54) is 0 Å². The predicted molar refractivity (Wildman–Crippen MR) is 79.9 cm³/mol. The van der Waals surface area contributed by atoms with Crippen LogP contribution in [0.4, 0.5) is 5.69 Å². The van der Waals surface area contributed by atoms with Crippen molar-refractivity contribution in [2.24, 2.45) is 0 Å². The average Bonchev–Trinajstić information content (AvgIpc) is 2.61. The van der Waals surface area contributed by atoms with Gasteiger partial charge in [0.1, 0.15) is 0 Å². The maximum atomic E-state index is 12.6. The van der Waals surface area contributed by atoms with Crippen molar-refractivity contribution < 1.29 is 4.79 Å². The summed E-state index contributed by atoms with van der Waals surface area (Å²) in [6.45, 7) is 4.36. The highest BCUT2D eigenvalue weighted by atomic mass is 35.5. The lowest BCUT2D eigenvalue weighted by atomic mass is 9.86. The molecule has 20 heavy (non-hydrogen) atoms. The third kappa shape index (κ3) is 1.98. The summed E-state index contributed by atoms with van der Waals surface area (Å²) in [6.07, 6.45) is 1.66. The summed E-state index contributed by atoms with van der Waals surface area (Å²) in [5.74, 6) is 0.0977. The van der Waals surface area contributed by atoms with E-state index < -0.39 is 5.41 Å². The van der Waals surface area contributed by atoms with Crippen molar-refractivity contribution in [2.75, 3.05) is 4.90 Å². The van der Waals surface area contributed by atoms with Gasteiger partial charge in [0.15, 0.2) is 0 Å². The fraction of sp³-hybridized carbons (Fsp3) is 0.250. The van der Waals surface area contributed by atoms with E-state index in [4.69, 9.17) is 11.6 Å². The third-order valence-corrected chi connectivity index (χ3v) is 3.98. The molecule has 0 unspecified atom stereocenters. The minimum absolute atomic E-state index is 0.0977. The van der Waals surface area contributed by atoms with E-state index in [-0.39, 0.29) is 5.91 Å². The molecule has 1 aliphatic heterocycles. The second-order valence-corrected chi connectivity index (χ2v) is 5.94. The molecule has 0 aliphatic carbocycles. The van der Waals surface area contributed by atoms with Crippen LogP contribution < -0.4 is 4.90 Å².